The molecule has 36 heavy (non-hydrogen) atoms. The average Bonchev–Trinajstić information content (AvgIpc) is 2.86. The van der Waals surface area contributed by atoms with Crippen molar-refractivity contribution in [1.82, 2.24) is 0 Å². The highest BCUT2D eigenvalue weighted by molar-refractivity contribution is 6.01. The van der Waals surface area contributed by atoms with E-state index in [-0.39, 0.29) is 11.7 Å². The van der Waals surface area contributed by atoms with E-state index in [9.17, 15) is 14.7 Å². The third kappa shape index (κ3) is 7.89. The summed E-state index contributed by atoms with van der Waals surface area (Å²) in [6.45, 7) is 1.96. The minimum Gasteiger partial charge on any atom is -0.508 e. The van der Waals surface area contributed by atoms with Gasteiger partial charge in [0.2, 0.25) is 5.91 Å². The summed E-state index contributed by atoms with van der Waals surface area (Å²) in [4.78, 5) is 24.9. The van der Waals surface area contributed by atoms with Crippen LogP contribution in [0.3, 0.4) is 0 Å². The van der Waals surface area contributed by atoms with Crippen LogP contribution in [0.5, 0.6) is 5.75 Å². The molecule has 0 radical (unpaired) electrons. The Bertz CT molecular complexity index is 1180. The highest BCUT2D eigenvalue weighted by Gasteiger charge is 2.27. The summed E-state index contributed by atoms with van der Waals surface area (Å²) in [5.74, 6) is -0.200. The minimum atomic E-state index is -0.743. The third-order valence-corrected chi connectivity index (χ3v) is 5.50. The summed E-state index contributed by atoms with van der Waals surface area (Å²) in [7, 11) is 1.54. The second-order valence-corrected chi connectivity index (χ2v) is 8.24. The number of phenolic OH excluding ortho intramolecular Hbond substituents is 1. The average molecular weight is 490 g/mol. The molecule has 0 saturated carbocycles. The summed E-state index contributed by atoms with van der Waals surface area (Å²) in [5, 5.41) is 15.1. The Morgan fingerprint density at radius 1 is 1.00 bits per heavy atom. The first-order valence-corrected chi connectivity index (χ1v) is 11.5. The molecule has 8 heteroatoms. The zero-order valence-electron chi connectivity index (χ0n) is 20.3. The SMILES string of the molecule is CO[C@H](CC/C=C/C(=O)Nc1ccccc1N)[C@H](OC(=O)Nc1ccc(C)cc1)c1ccc(O)cc1. The van der Waals surface area contributed by atoms with Gasteiger partial charge >= 0.3 is 6.09 Å². The summed E-state index contributed by atoms with van der Waals surface area (Å²) in [6, 6.07) is 20.8. The standard InChI is InChI=1S/C28H31N3O5/c1-19-11-15-21(16-12-19)30-28(34)36-27(20-13-17-22(32)18-14-20)25(35-2)9-5-6-10-26(33)31-24-8-4-3-7-23(24)29/h3-4,6-8,10-18,25,27,32H,5,9,29H2,1-2H3,(H,30,34)(H,31,33)/b10-6+/t25-,27-/m1/s1. The fourth-order valence-electron chi connectivity index (χ4n) is 3.55. The lowest BCUT2D eigenvalue weighted by Crippen LogP contribution is -2.28. The Kier molecular flexibility index (Phi) is 9.48. The fraction of sp³-hybridized carbons (Fsp3) is 0.214. The highest BCUT2D eigenvalue weighted by atomic mass is 16.6. The van der Waals surface area contributed by atoms with Gasteiger partial charge in [-0.2, -0.15) is 0 Å². The van der Waals surface area contributed by atoms with Gasteiger partial charge in [-0.25, -0.2) is 4.79 Å². The highest BCUT2D eigenvalue weighted by Crippen LogP contribution is 2.28. The van der Waals surface area contributed by atoms with Gasteiger partial charge < -0.3 is 25.6 Å². The predicted octanol–water partition coefficient (Wildman–Crippen LogP) is 5.56. The summed E-state index contributed by atoms with van der Waals surface area (Å²) >= 11 is 0. The lowest BCUT2D eigenvalue weighted by Gasteiger charge is -2.26. The van der Waals surface area contributed by atoms with Gasteiger partial charge in [0.15, 0.2) is 6.10 Å². The van der Waals surface area contributed by atoms with Gasteiger partial charge in [0.1, 0.15) is 5.75 Å². The first-order valence-electron chi connectivity index (χ1n) is 11.5. The number of hydrogen-bond donors (Lipinski definition) is 4. The van der Waals surface area contributed by atoms with Crippen LogP contribution in [-0.2, 0) is 14.3 Å². The van der Waals surface area contributed by atoms with Crippen LogP contribution < -0.4 is 16.4 Å². The Balaban J connectivity index is 1.64. The number of anilines is 3. The Morgan fingerprint density at radius 3 is 2.36 bits per heavy atom. The number of methoxy groups -OCH3 is 1. The van der Waals surface area contributed by atoms with Gasteiger partial charge in [0.05, 0.1) is 17.5 Å². The quantitative estimate of drug-likeness (QED) is 0.218. The van der Waals surface area contributed by atoms with E-state index in [4.69, 9.17) is 15.2 Å². The third-order valence-electron chi connectivity index (χ3n) is 5.50. The number of phenols is 1. The summed E-state index contributed by atoms with van der Waals surface area (Å²) in [6.07, 6.45) is 2.24. The first kappa shape index (κ1) is 26.3. The molecule has 0 aromatic heterocycles. The van der Waals surface area contributed by atoms with Gasteiger partial charge in [-0.3, -0.25) is 10.1 Å². The van der Waals surface area contributed by atoms with Crippen LogP contribution in [0.15, 0.2) is 84.9 Å². The van der Waals surface area contributed by atoms with Gasteiger partial charge in [-0.05, 0) is 67.8 Å². The smallest absolute Gasteiger partial charge is 0.412 e. The number of rotatable bonds is 10. The second kappa shape index (κ2) is 13.0. The van der Waals surface area contributed by atoms with E-state index in [1.54, 1.807) is 54.6 Å². The van der Waals surface area contributed by atoms with E-state index in [1.807, 2.05) is 19.1 Å². The predicted molar refractivity (Wildman–Crippen MR) is 141 cm³/mol. The maximum absolute atomic E-state index is 12.7. The minimum absolute atomic E-state index is 0.101. The van der Waals surface area contributed by atoms with Crippen LogP contribution in [-0.4, -0.2) is 30.3 Å². The molecule has 0 saturated heterocycles. The molecule has 0 aliphatic heterocycles. The maximum atomic E-state index is 12.7. The number of nitrogen functional groups attached to an aromatic ring is 1. The van der Waals surface area contributed by atoms with Crippen molar-refractivity contribution in [3.8, 4) is 5.75 Å². The van der Waals surface area contributed by atoms with Gasteiger partial charge in [0, 0.05) is 12.8 Å². The monoisotopic (exact) mass is 489 g/mol. The molecule has 0 heterocycles. The van der Waals surface area contributed by atoms with E-state index >= 15 is 0 Å². The van der Waals surface area contributed by atoms with Crippen molar-refractivity contribution in [2.75, 3.05) is 23.5 Å². The molecule has 3 aromatic carbocycles. The molecule has 8 nitrogen and oxygen atoms in total. The van der Waals surface area contributed by atoms with E-state index in [0.29, 0.717) is 35.5 Å². The van der Waals surface area contributed by atoms with Crippen LogP contribution in [0.25, 0.3) is 0 Å². The van der Waals surface area contributed by atoms with E-state index in [1.165, 1.54) is 25.3 Å². The molecule has 2 amide bonds. The molecule has 0 aliphatic carbocycles. The molecule has 2 atom stereocenters. The molecule has 0 spiro atoms. The molecule has 0 unspecified atom stereocenters. The van der Waals surface area contributed by atoms with E-state index < -0.39 is 18.3 Å². The van der Waals surface area contributed by atoms with Crippen molar-refractivity contribution >= 4 is 29.1 Å². The van der Waals surface area contributed by atoms with Crippen molar-refractivity contribution in [2.45, 2.75) is 32.0 Å². The van der Waals surface area contributed by atoms with Crippen molar-refractivity contribution in [3.63, 3.8) is 0 Å². The number of benzene rings is 3. The van der Waals surface area contributed by atoms with Crippen molar-refractivity contribution < 1.29 is 24.2 Å². The number of allylic oxidation sites excluding steroid dienone is 1. The van der Waals surface area contributed by atoms with Crippen LogP contribution in [0, 0.1) is 6.92 Å². The zero-order chi connectivity index (χ0) is 25.9. The molecule has 3 aromatic rings. The normalized spacial score (nSPS) is 12.6. The number of hydrogen-bond acceptors (Lipinski definition) is 6. The van der Waals surface area contributed by atoms with Crippen LogP contribution in [0.4, 0.5) is 21.9 Å². The van der Waals surface area contributed by atoms with Gasteiger partial charge in [-0.1, -0.05) is 48.0 Å². The number of ether oxygens (including phenoxy) is 2. The lowest BCUT2D eigenvalue weighted by atomic mass is 10.00. The molecule has 0 aliphatic rings. The van der Waals surface area contributed by atoms with Crippen molar-refractivity contribution in [3.05, 3.63) is 96.1 Å². The molecule has 5 N–H and O–H groups in total. The van der Waals surface area contributed by atoms with Gasteiger partial charge in [-0.15, -0.1) is 0 Å². The summed E-state index contributed by atoms with van der Waals surface area (Å²) in [5.41, 5.74) is 9.23. The van der Waals surface area contributed by atoms with Crippen LogP contribution in [0.2, 0.25) is 0 Å². The Hall–Kier alpha value is -4.30. The first-order chi connectivity index (χ1) is 17.4. The number of nitrogens with two attached hydrogens (primary N) is 1. The number of carbonyl (C=O) groups is 2. The molecule has 0 fully saturated rings. The van der Waals surface area contributed by atoms with E-state index in [0.717, 1.165) is 5.56 Å². The number of aromatic hydroxyl groups is 1. The Labute approximate surface area is 210 Å². The Morgan fingerprint density at radius 2 is 1.69 bits per heavy atom. The molecular weight excluding hydrogens is 458 g/mol. The molecule has 188 valence electrons. The number of amides is 2. The number of para-hydroxylation sites is 2. The number of carbonyl (C=O) groups excluding carboxylic acids is 2. The molecular formula is C28H31N3O5. The van der Waals surface area contributed by atoms with Crippen molar-refractivity contribution in [1.29, 1.82) is 0 Å². The lowest BCUT2D eigenvalue weighted by molar-refractivity contribution is -0.111. The van der Waals surface area contributed by atoms with Crippen LogP contribution >= 0.6 is 0 Å². The van der Waals surface area contributed by atoms with Gasteiger partial charge in [0.25, 0.3) is 0 Å². The molecule has 0 bridgehead atoms. The summed E-state index contributed by atoms with van der Waals surface area (Å²) < 4.78 is 11.4. The topological polar surface area (TPSA) is 123 Å². The maximum Gasteiger partial charge on any atom is 0.412 e. The van der Waals surface area contributed by atoms with Crippen molar-refractivity contribution in [2.24, 2.45) is 0 Å². The van der Waals surface area contributed by atoms with E-state index in [2.05, 4.69) is 10.6 Å². The second-order valence-electron chi connectivity index (χ2n) is 8.24. The molecule has 3 rings (SSSR count). The largest absolute Gasteiger partial charge is 0.508 e. The number of nitrogens with one attached hydrogen (secondary N) is 2. The fourth-order valence-corrected chi connectivity index (χ4v) is 3.55. The number of aryl methyl sites for hydroxylation is 1. The zero-order valence-corrected chi connectivity index (χ0v) is 20.3. The van der Waals surface area contributed by atoms with Crippen LogP contribution in [0.1, 0.15) is 30.1 Å².